The molecule has 0 unspecified atom stereocenters. The number of nitro groups is 1. The molecule has 4 aromatic rings. The summed E-state index contributed by atoms with van der Waals surface area (Å²) in [6.45, 7) is 0. The van der Waals surface area contributed by atoms with Crippen LogP contribution in [0.15, 0.2) is 97.1 Å². The zero-order chi connectivity index (χ0) is 23.9. The maximum atomic E-state index is 12.7. The third-order valence-corrected chi connectivity index (χ3v) is 7.10. The van der Waals surface area contributed by atoms with Crippen molar-refractivity contribution in [3.05, 3.63) is 124 Å². The highest BCUT2D eigenvalue weighted by atomic mass is 16.6. The first kappa shape index (κ1) is 21.1. The zero-order valence-electron chi connectivity index (χ0n) is 18.8. The summed E-state index contributed by atoms with van der Waals surface area (Å²) in [4.78, 5) is 23.1. The second-order valence-electron chi connectivity index (χ2n) is 9.11. The molecular weight excluding hydrogens is 438 g/mol. The van der Waals surface area contributed by atoms with E-state index in [0.29, 0.717) is 23.1 Å². The number of amides is 1. The minimum absolute atomic E-state index is 0.0419. The number of hydrogen-bond acceptors (Lipinski definition) is 4. The number of benzene rings is 4. The molecule has 0 spiro atoms. The van der Waals surface area contributed by atoms with Crippen molar-refractivity contribution < 1.29 is 9.72 Å². The van der Waals surface area contributed by atoms with Gasteiger partial charge in [-0.25, -0.2) is 0 Å². The van der Waals surface area contributed by atoms with E-state index < -0.39 is 4.92 Å². The van der Waals surface area contributed by atoms with Crippen molar-refractivity contribution in [2.75, 3.05) is 10.6 Å². The maximum Gasteiger partial charge on any atom is 0.269 e. The molecular formula is C29H23N3O3. The molecule has 2 N–H and O–H groups in total. The summed E-state index contributed by atoms with van der Waals surface area (Å²) in [7, 11) is 0. The normalized spacial score (nSPS) is 20.1. The lowest BCUT2D eigenvalue weighted by molar-refractivity contribution is -0.384. The van der Waals surface area contributed by atoms with Gasteiger partial charge >= 0.3 is 0 Å². The van der Waals surface area contributed by atoms with Gasteiger partial charge in [0.25, 0.3) is 11.6 Å². The molecule has 2 aliphatic rings. The number of fused-ring (bicyclic) bond motifs is 5. The van der Waals surface area contributed by atoms with E-state index in [1.165, 1.54) is 40.6 Å². The van der Waals surface area contributed by atoms with Crippen LogP contribution in [0.4, 0.5) is 17.1 Å². The lowest BCUT2D eigenvalue weighted by Crippen LogP contribution is -2.29. The average molecular weight is 462 g/mol. The summed E-state index contributed by atoms with van der Waals surface area (Å²) in [6, 6.07) is 26.5. The van der Waals surface area contributed by atoms with Crippen LogP contribution in [0.25, 0.3) is 10.8 Å². The Morgan fingerprint density at radius 3 is 2.63 bits per heavy atom. The molecule has 1 aliphatic carbocycles. The number of anilines is 2. The highest BCUT2D eigenvalue weighted by Gasteiger charge is 2.38. The van der Waals surface area contributed by atoms with E-state index in [2.05, 4.69) is 65.3 Å². The molecule has 1 aliphatic heterocycles. The first-order valence-electron chi connectivity index (χ1n) is 11.7. The fourth-order valence-electron chi connectivity index (χ4n) is 5.46. The second kappa shape index (κ2) is 8.40. The number of carbonyl (C=O) groups excluding carboxylic acids is 1. The summed E-state index contributed by atoms with van der Waals surface area (Å²) >= 11 is 0. The maximum absolute atomic E-state index is 12.7. The Morgan fingerprint density at radius 2 is 1.80 bits per heavy atom. The molecule has 6 rings (SSSR count). The molecule has 0 saturated heterocycles. The average Bonchev–Trinajstić information content (AvgIpc) is 3.38. The topological polar surface area (TPSA) is 84.3 Å². The fraction of sp³-hybridized carbons (Fsp3) is 0.138. The van der Waals surface area contributed by atoms with Crippen molar-refractivity contribution in [3.63, 3.8) is 0 Å². The number of nitro benzene ring substituents is 1. The molecule has 6 nitrogen and oxygen atoms in total. The predicted molar refractivity (Wildman–Crippen MR) is 138 cm³/mol. The summed E-state index contributed by atoms with van der Waals surface area (Å²) in [5.74, 6) is 0.417. The van der Waals surface area contributed by atoms with Gasteiger partial charge in [0, 0.05) is 35.0 Å². The minimum Gasteiger partial charge on any atom is -0.378 e. The lowest BCUT2D eigenvalue weighted by atomic mass is 9.75. The van der Waals surface area contributed by atoms with Crippen LogP contribution in [0, 0.1) is 16.0 Å². The summed E-state index contributed by atoms with van der Waals surface area (Å²) in [5.41, 5.74) is 4.66. The summed E-state index contributed by atoms with van der Waals surface area (Å²) in [5, 5.41) is 20.1. The number of non-ortho nitro benzene ring substituents is 1. The third kappa shape index (κ3) is 3.73. The van der Waals surface area contributed by atoms with Gasteiger partial charge in [0.2, 0.25) is 0 Å². The van der Waals surface area contributed by atoms with E-state index in [1.54, 1.807) is 0 Å². The first-order valence-corrected chi connectivity index (χ1v) is 11.7. The van der Waals surface area contributed by atoms with Crippen LogP contribution in [0.1, 0.15) is 39.9 Å². The number of carbonyl (C=O) groups is 1. The minimum atomic E-state index is -0.478. The van der Waals surface area contributed by atoms with Gasteiger partial charge in [-0.1, -0.05) is 54.6 Å². The van der Waals surface area contributed by atoms with E-state index in [0.717, 1.165) is 17.7 Å². The van der Waals surface area contributed by atoms with E-state index in [1.807, 2.05) is 18.2 Å². The molecule has 35 heavy (non-hydrogen) atoms. The van der Waals surface area contributed by atoms with Crippen LogP contribution in [-0.2, 0) is 0 Å². The Bertz CT molecular complexity index is 1490. The van der Waals surface area contributed by atoms with Gasteiger partial charge in [0.15, 0.2) is 0 Å². The molecule has 172 valence electrons. The van der Waals surface area contributed by atoms with Crippen LogP contribution in [0.2, 0.25) is 0 Å². The molecule has 0 saturated carbocycles. The van der Waals surface area contributed by atoms with Crippen LogP contribution < -0.4 is 10.6 Å². The molecule has 1 amide bonds. The fourth-order valence-corrected chi connectivity index (χ4v) is 5.46. The van der Waals surface area contributed by atoms with Crippen molar-refractivity contribution in [2.24, 2.45) is 5.92 Å². The Morgan fingerprint density at radius 1 is 0.971 bits per heavy atom. The molecule has 3 atom stereocenters. The first-order chi connectivity index (χ1) is 17.1. The van der Waals surface area contributed by atoms with Crippen LogP contribution in [0.3, 0.4) is 0 Å². The SMILES string of the molecule is O=C(Nc1cccc([C@@H]2Nc3ccc4ccccc4c3[C@@H]3C=CC[C@H]32)c1)c1ccc([N+](=O)[O-])cc1. The number of nitrogens with zero attached hydrogens (tertiary/aromatic N) is 1. The predicted octanol–water partition coefficient (Wildman–Crippen LogP) is 6.83. The number of allylic oxidation sites excluding steroid dienone is 2. The highest BCUT2D eigenvalue weighted by Crippen LogP contribution is 2.51. The molecule has 6 heteroatoms. The van der Waals surface area contributed by atoms with Gasteiger partial charge < -0.3 is 10.6 Å². The van der Waals surface area contributed by atoms with Gasteiger partial charge in [0.1, 0.15) is 0 Å². The number of nitrogens with one attached hydrogen (secondary N) is 2. The Labute approximate surface area is 202 Å². The van der Waals surface area contributed by atoms with Crippen molar-refractivity contribution in [2.45, 2.75) is 18.4 Å². The Balaban J connectivity index is 1.29. The summed E-state index contributed by atoms with van der Waals surface area (Å²) in [6.07, 6.45) is 5.61. The Hall–Kier alpha value is -4.45. The molecule has 4 aromatic carbocycles. The zero-order valence-corrected chi connectivity index (χ0v) is 18.8. The van der Waals surface area contributed by atoms with Gasteiger partial charge in [-0.05, 0) is 64.6 Å². The van der Waals surface area contributed by atoms with E-state index >= 15 is 0 Å². The van der Waals surface area contributed by atoms with E-state index in [9.17, 15) is 14.9 Å². The Kier molecular flexibility index (Phi) is 5.07. The molecule has 0 radical (unpaired) electrons. The molecule has 0 aromatic heterocycles. The lowest BCUT2D eigenvalue weighted by Gasteiger charge is -2.38. The van der Waals surface area contributed by atoms with Gasteiger partial charge in [-0.15, -0.1) is 0 Å². The van der Waals surface area contributed by atoms with Gasteiger partial charge in [-0.3, -0.25) is 14.9 Å². The molecule has 0 fully saturated rings. The molecule has 1 heterocycles. The van der Waals surface area contributed by atoms with Crippen LogP contribution >= 0.6 is 0 Å². The monoisotopic (exact) mass is 461 g/mol. The quantitative estimate of drug-likeness (QED) is 0.198. The van der Waals surface area contributed by atoms with Crippen molar-refractivity contribution in [1.82, 2.24) is 0 Å². The van der Waals surface area contributed by atoms with Crippen molar-refractivity contribution in [1.29, 1.82) is 0 Å². The standard InChI is InChI=1S/C29H23N3O3/c33-29(19-11-14-22(15-12-19)32(34)35)30-21-7-3-6-20(17-21)28-25-10-4-9-24(25)27-23-8-2-1-5-18(23)13-16-26(27)31-28/h1-9,11-17,24-25,28,31H,10H2,(H,30,33)/t24-,25-,28+/m1/s1. The van der Waals surface area contributed by atoms with E-state index in [-0.39, 0.29) is 17.6 Å². The van der Waals surface area contributed by atoms with Crippen molar-refractivity contribution >= 4 is 33.7 Å². The van der Waals surface area contributed by atoms with Gasteiger partial charge in [-0.2, -0.15) is 0 Å². The third-order valence-electron chi connectivity index (χ3n) is 7.10. The number of rotatable bonds is 4. The molecule has 0 bridgehead atoms. The number of hydrogen-bond donors (Lipinski definition) is 2. The van der Waals surface area contributed by atoms with Crippen LogP contribution in [0.5, 0.6) is 0 Å². The highest BCUT2D eigenvalue weighted by molar-refractivity contribution is 6.04. The van der Waals surface area contributed by atoms with Crippen LogP contribution in [-0.4, -0.2) is 10.8 Å². The largest absolute Gasteiger partial charge is 0.378 e. The smallest absolute Gasteiger partial charge is 0.269 e. The second-order valence-corrected chi connectivity index (χ2v) is 9.11. The summed E-state index contributed by atoms with van der Waals surface area (Å²) < 4.78 is 0. The van der Waals surface area contributed by atoms with Crippen molar-refractivity contribution in [3.8, 4) is 0 Å². The van der Waals surface area contributed by atoms with E-state index in [4.69, 9.17) is 0 Å². The van der Waals surface area contributed by atoms with Gasteiger partial charge in [0.05, 0.1) is 11.0 Å².